The maximum atomic E-state index is 13.5. The highest BCUT2D eigenvalue weighted by molar-refractivity contribution is 6.02. The fourth-order valence-electron chi connectivity index (χ4n) is 4.45. The summed E-state index contributed by atoms with van der Waals surface area (Å²) in [5.41, 5.74) is 1.50. The maximum Gasteiger partial charge on any atom is 0.390 e. The molecule has 0 radical (unpaired) electrons. The van der Waals surface area contributed by atoms with Crippen molar-refractivity contribution in [1.29, 1.82) is 0 Å². The van der Waals surface area contributed by atoms with Crippen molar-refractivity contribution in [2.24, 2.45) is 5.92 Å². The van der Waals surface area contributed by atoms with Crippen LogP contribution >= 0.6 is 0 Å². The normalized spacial score (nSPS) is 21.4. The number of methoxy groups -OCH3 is 1. The second kappa shape index (κ2) is 12.7. The molecule has 3 rings (SSSR count). The van der Waals surface area contributed by atoms with E-state index in [4.69, 9.17) is 14.0 Å². The summed E-state index contributed by atoms with van der Waals surface area (Å²) < 4.78 is 55.7. The number of halogens is 3. The van der Waals surface area contributed by atoms with Crippen LogP contribution in [0.2, 0.25) is 0 Å². The Hall–Kier alpha value is -3.32. The summed E-state index contributed by atoms with van der Waals surface area (Å²) in [4.78, 5) is 29.3. The average molecular weight is 556 g/mol. The molecular weight excluding hydrogens is 519 g/mol. The van der Waals surface area contributed by atoms with E-state index in [9.17, 15) is 22.8 Å². The van der Waals surface area contributed by atoms with Crippen LogP contribution in [0.3, 0.4) is 0 Å². The third kappa shape index (κ3) is 8.09. The Morgan fingerprint density at radius 2 is 1.92 bits per heavy atom. The van der Waals surface area contributed by atoms with E-state index in [-0.39, 0.29) is 48.9 Å². The fraction of sp³-hybridized carbons (Fsp3) is 0.577. The van der Waals surface area contributed by atoms with Gasteiger partial charge in [-0.3, -0.25) is 9.69 Å². The van der Waals surface area contributed by atoms with Crippen LogP contribution in [0.4, 0.5) is 29.3 Å². The number of amides is 3. The third-order valence-electron chi connectivity index (χ3n) is 6.79. The summed E-state index contributed by atoms with van der Waals surface area (Å²) in [6.07, 6.45) is -5.64. The molecule has 2 N–H and O–H groups in total. The van der Waals surface area contributed by atoms with Gasteiger partial charge in [-0.05, 0) is 44.9 Å². The molecule has 10 nitrogen and oxygen atoms in total. The SMILES string of the molecule is CO[C@H]1CN(C)C(=O)c2cc(NC(=O)Nc3c(C)noc3C)ccc2OC[C@@H](C)N(CCC(F)(F)F)C[C@@H]1C. The second-order valence-electron chi connectivity index (χ2n) is 9.95. The van der Waals surface area contributed by atoms with E-state index in [2.05, 4.69) is 15.8 Å². The molecule has 1 aromatic heterocycles. The van der Waals surface area contributed by atoms with Gasteiger partial charge in [0, 0.05) is 45.5 Å². The zero-order valence-electron chi connectivity index (χ0n) is 23.0. The lowest BCUT2D eigenvalue weighted by atomic mass is 10.0. The van der Waals surface area contributed by atoms with Gasteiger partial charge in [0.25, 0.3) is 5.91 Å². The molecule has 39 heavy (non-hydrogen) atoms. The molecule has 2 heterocycles. The number of likely N-dealkylation sites (N-methyl/N-ethyl adjacent to an activating group) is 1. The largest absolute Gasteiger partial charge is 0.491 e. The Morgan fingerprint density at radius 1 is 1.21 bits per heavy atom. The quantitative estimate of drug-likeness (QED) is 0.551. The molecule has 0 bridgehead atoms. The topological polar surface area (TPSA) is 109 Å². The number of aromatic nitrogens is 1. The van der Waals surface area contributed by atoms with E-state index in [0.717, 1.165) is 0 Å². The van der Waals surface area contributed by atoms with Gasteiger partial charge in [0.15, 0.2) is 5.76 Å². The first kappa shape index (κ1) is 30.2. The molecule has 0 aliphatic carbocycles. The van der Waals surface area contributed by atoms with Crippen LogP contribution in [0.1, 0.15) is 42.1 Å². The van der Waals surface area contributed by atoms with E-state index in [1.165, 1.54) is 18.1 Å². The van der Waals surface area contributed by atoms with Crippen molar-refractivity contribution in [2.75, 3.05) is 51.0 Å². The molecule has 0 fully saturated rings. The lowest BCUT2D eigenvalue weighted by Crippen LogP contribution is -2.47. The Kier molecular flexibility index (Phi) is 9.83. The number of rotatable bonds is 5. The Bertz CT molecular complexity index is 1140. The zero-order valence-corrected chi connectivity index (χ0v) is 23.0. The Labute approximate surface area is 225 Å². The van der Waals surface area contributed by atoms with E-state index < -0.39 is 24.7 Å². The fourth-order valence-corrected chi connectivity index (χ4v) is 4.45. The first-order valence-electron chi connectivity index (χ1n) is 12.7. The van der Waals surface area contributed by atoms with Gasteiger partial charge in [0.2, 0.25) is 0 Å². The van der Waals surface area contributed by atoms with Crippen molar-refractivity contribution in [2.45, 2.75) is 52.4 Å². The minimum absolute atomic E-state index is 0.0610. The summed E-state index contributed by atoms with van der Waals surface area (Å²) in [5.74, 6) is 0.191. The molecule has 216 valence electrons. The molecule has 2 aromatic rings. The Morgan fingerprint density at radius 3 is 2.54 bits per heavy atom. The van der Waals surface area contributed by atoms with Gasteiger partial charge in [0.05, 0.1) is 18.1 Å². The molecule has 1 aliphatic heterocycles. The molecule has 3 atom stereocenters. The number of hydrogen-bond donors (Lipinski definition) is 2. The second-order valence-corrected chi connectivity index (χ2v) is 9.95. The number of aryl methyl sites for hydroxylation is 2. The van der Waals surface area contributed by atoms with E-state index in [1.54, 1.807) is 44.9 Å². The van der Waals surface area contributed by atoms with Crippen LogP contribution in [-0.2, 0) is 4.74 Å². The van der Waals surface area contributed by atoms with Crippen molar-refractivity contribution < 1.29 is 36.8 Å². The number of nitrogens with one attached hydrogen (secondary N) is 2. The van der Waals surface area contributed by atoms with Crippen molar-refractivity contribution in [3.8, 4) is 5.75 Å². The number of carbonyl (C=O) groups excluding carboxylic acids is 2. The molecule has 3 amide bonds. The van der Waals surface area contributed by atoms with Crippen molar-refractivity contribution >= 4 is 23.3 Å². The maximum absolute atomic E-state index is 13.5. The van der Waals surface area contributed by atoms with E-state index in [0.29, 0.717) is 29.4 Å². The first-order chi connectivity index (χ1) is 18.3. The molecule has 0 unspecified atom stereocenters. The number of ether oxygens (including phenoxy) is 2. The van der Waals surface area contributed by atoms with Gasteiger partial charge >= 0.3 is 12.2 Å². The average Bonchev–Trinajstić information content (AvgIpc) is 3.18. The minimum Gasteiger partial charge on any atom is -0.491 e. The van der Waals surface area contributed by atoms with Crippen molar-refractivity contribution in [3.63, 3.8) is 0 Å². The van der Waals surface area contributed by atoms with Gasteiger partial charge in [-0.25, -0.2) is 4.79 Å². The molecule has 1 aliphatic rings. The molecule has 0 spiro atoms. The number of carbonyl (C=O) groups is 2. The summed E-state index contributed by atoms with van der Waals surface area (Å²) in [5, 5.41) is 9.18. The third-order valence-corrected chi connectivity index (χ3v) is 6.79. The van der Waals surface area contributed by atoms with Gasteiger partial charge in [-0.1, -0.05) is 12.1 Å². The molecular formula is C26H36F3N5O5. The van der Waals surface area contributed by atoms with Crippen LogP contribution in [-0.4, -0.2) is 85.6 Å². The first-order valence-corrected chi connectivity index (χ1v) is 12.7. The number of anilines is 2. The lowest BCUT2D eigenvalue weighted by molar-refractivity contribution is -0.140. The van der Waals surface area contributed by atoms with Crippen LogP contribution in [0.25, 0.3) is 0 Å². The Balaban J connectivity index is 1.87. The number of fused-ring (bicyclic) bond motifs is 1. The van der Waals surface area contributed by atoms with Crippen LogP contribution in [0.15, 0.2) is 22.7 Å². The highest BCUT2D eigenvalue weighted by Gasteiger charge is 2.32. The summed E-state index contributed by atoms with van der Waals surface area (Å²) >= 11 is 0. The summed E-state index contributed by atoms with van der Waals surface area (Å²) in [7, 11) is 3.14. The highest BCUT2D eigenvalue weighted by Crippen LogP contribution is 2.28. The van der Waals surface area contributed by atoms with E-state index >= 15 is 0 Å². The molecule has 0 saturated heterocycles. The number of urea groups is 1. The number of alkyl halides is 3. The van der Waals surface area contributed by atoms with Gasteiger partial charge in [0.1, 0.15) is 23.7 Å². The van der Waals surface area contributed by atoms with Gasteiger partial charge in [-0.15, -0.1) is 0 Å². The van der Waals surface area contributed by atoms with E-state index in [1.807, 2.05) is 6.92 Å². The standard InChI is InChI=1S/C26H36F3N5O5/c1-15-12-34(10-9-26(27,28)29)16(2)14-38-21-8-7-19(11-20(21)24(35)33(5)13-22(15)37-6)30-25(36)31-23-17(3)32-39-18(23)4/h7-8,11,15-16,22H,9-10,12-14H2,1-6H3,(H2,30,31,36)/t15-,16+,22-/m0/s1. The van der Waals surface area contributed by atoms with Crippen LogP contribution in [0, 0.1) is 19.8 Å². The van der Waals surface area contributed by atoms with Crippen LogP contribution < -0.4 is 15.4 Å². The zero-order chi connectivity index (χ0) is 28.9. The molecule has 0 saturated carbocycles. The van der Waals surface area contributed by atoms with Crippen LogP contribution in [0.5, 0.6) is 5.75 Å². The summed E-state index contributed by atoms with van der Waals surface area (Å²) in [6.45, 7) is 7.48. The summed E-state index contributed by atoms with van der Waals surface area (Å²) in [6, 6.07) is 3.72. The predicted molar refractivity (Wildman–Crippen MR) is 139 cm³/mol. The lowest BCUT2D eigenvalue weighted by Gasteiger charge is -2.36. The smallest absolute Gasteiger partial charge is 0.390 e. The molecule has 13 heteroatoms. The van der Waals surface area contributed by atoms with Crippen molar-refractivity contribution in [1.82, 2.24) is 15.0 Å². The van der Waals surface area contributed by atoms with Gasteiger partial charge < -0.3 is 29.5 Å². The van der Waals surface area contributed by atoms with Gasteiger partial charge in [-0.2, -0.15) is 13.2 Å². The molecule has 1 aromatic carbocycles. The monoisotopic (exact) mass is 555 g/mol. The minimum atomic E-state index is -4.28. The van der Waals surface area contributed by atoms with Crippen molar-refractivity contribution in [3.05, 3.63) is 35.2 Å². The highest BCUT2D eigenvalue weighted by atomic mass is 19.4. The number of nitrogens with zero attached hydrogens (tertiary/aromatic N) is 3. The number of benzene rings is 1. The number of hydrogen-bond acceptors (Lipinski definition) is 7. The predicted octanol–water partition coefficient (Wildman–Crippen LogP) is 4.69.